The van der Waals surface area contributed by atoms with Crippen LogP contribution in [-0.2, 0) is 0 Å². The second-order valence-electron chi connectivity index (χ2n) is 3.36. The Balaban J connectivity index is 2.37. The Hall–Kier alpha value is -2.10. The molecule has 1 aromatic carbocycles. The number of nitrogen functional groups attached to an aromatic ring is 1. The maximum atomic E-state index is 11.9. The van der Waals surface area contributed by atoms with E-state index in [2.05, 4.69) is 9.97 Å². The maximum absolute atomic E-state index is 11.9. The summed E-state index contributed by atoms with van der Waals surface area (Å²) >= 11 is 0. The number of hydrogen-bond donors (Lipinski definition) is 2. The Morgan fingerprint density at radius 3 is 2.53 bits per heavy atom. The SMILES string of the molecule is Cc1ccc(C(=O)c2[nH]cnc2N)cc1. The number of carbonyl (C=O) groups is 1. The van der Waals surface area contributed by atoms with Crippen LogP contribution in [0.2, 0.25) is 0 Å². The third kappa shape index (κ3) is 1.74. The lowest BCUT2D eigenvalue weighted by molar-refractivity contribution is 0.103. The second kappa shape index (κ2) is 3.57. The summed E-state index contributed by atoms with van der Waals surface area (Å²) < 4.78 is 0. The van der Waals surface area contributed by atoms with E-state index in [1.54, 1.807) is 12.1 Å². The zero-order valence-corrected chi connectivity index (χ0v) is 8.32. The quantitative estimate of drug-likeness (QED) is 0.724. The zero-order valence-electron chi connectivity index (χ0n) is 8.32. The predicted octanol–water partition coefficient (Wildman–Crippen LogP) is 1.53. The summed E-state index contributed by atoms with van der Waals surface area (Å²) in [4.78, 5) is 18.4. The molecule has 0 amide bonds. The Bertz CT molecular complexity index is 485. The monoisotopic (exact) mass is 201 g/mol. The van der Waals surface area contributed by atoms with Crippen LogP contribution in [0, 0.1) is 6.92 Å². The number of H-pyrrole nitrogens is 1. The van der Waals surface area contributed by atoms with Crippen LogP contribution in [0.15, 0.2) is 30.6 Å². The number of aromatic amines is 1. The van der Waals surface area contributed by atoms with Crippen LogP contribution in [0.4, 0.5) is 5.82 Å². The number of nitrogens with zero attached hydrogens (tertiary/aromatic N) is 1. The van der Waals surface area contributed by atoms with Crippen molar-refractivity contribution in [3.05, 3.63) is 47.4 Å². The summed E-state index contributed by atoms with van der Waals surface area (Å²) in [5.74, 6) is 0.102. The number of rotatable bonds is 2. The number of nitrogens with two attached hydrogens (primary N) is 1. The van der Waals surface area contributed by atoms with Crippen molar-refractivity contribution in [3.63, 3.8) is 0 Å². The largest absolute Gasteiger partial charge is 0.382 e. The van der Waals surface area contributed by atoms with Gasteiger partial charge in [-0.3, -0.25) is 4.79 Å². The van der Waals surface area contributed by atoms with Gasteiger partial charge in [-0.15, -0.1) is 0 Å². The lowest BCUT2D eigenvalue weighted by Crippen LogP contribution is -2.05. The highest BCUT2D eigenvalue weighted by Crippen LogP contribution is 2.12. The standard InChI is InChI=1S/C11H11N3O/c1-7-2-4-8(5-3-7)10(15)9-11(12)14-6-13-9/h2-6H,12H2,1H3,(H,13,14). The summed E-state index contributed by atoms with van der Waals surface area (Å²) in [5.41, 5.74) is 7.61. The van der Waals surface area contributed by atoms with Gasteiger partial charge in [0.15, 0.2) is 5.82 Å². The number of aromatic nitrogens is 2. The van der Waals surface area contributed by atoms with Crippen LogP contribution in [0.25, 0.3) is 0 Å². The van der Waals surface area contributed by atoms with Gasteiger partial charge in [-0.05, 0) is 6.92 Å². The van der Waals surface area contributed by atoms with Gasteiger partial charge in [-0.1, -0.05) is 29.8 Å². The number of aryl methyl sites for hydroxylation is 1. The first-order valence-electron chi connectivity index (χ1n) is 4.58. The molecule has 0 radical (unpaired) electrons. The molecule has 0 unspecified atom stereocenters. The lowest BCUT2D eigenvalue weighted by Gasteiger charge is -1.99. The van der Waals surface area contributed by atoms with Gasteiger partial charge in [0.05, 0.1) is 6.33 Å². The summed E-state index contributed by atoms with van der Waals surface area (Å²) in [6.07, 6.45) is 1.41. The molecule has 0 aliphatic heterocycles. The molecule has 4 heteroatoms. The van der Waals surface area contributed by atoms with Gasteiger partial charge in [0.1, 0.15) is 5.69 Å². The Labute approximate surface area is 87.1 Å². The van der Waals surface area contributed by atoms with E-state index in [0.29, 0.717) is 11.3 Å². The summed E-state index contributed by atoms with van der Waals surface area (Å²) in [7, 11) is 0. The van der Waals surface area contributed by atoms with Crippen molar-refractivity contribution in [1.29, 1.82) is 0 Å². The zero-order chi connectivity index (χ0) is 10.8. The molecule has 1 heterocycles. The molecule has 2 rings (SSSR count). The molecule has 3 N–H and O–H groups in total. The molecule has 4 nitrogen and oxygen atoms in total. The van der Waals surface area contributed by atoms with Crippen molar-refractivity contribution in [1.82, 2.24) is 9.97 Å². The van der Waals surface area contributed by atoms with Gasteiger partial charge >= 0.3 is 0 Å². The van der Waals surface area contributed by atoms with Crippen molar-refractivity contribution in [2.75, 3.05) is 5.73 Å². The van der Waals surface area contributed by atoms with Gasteiger partial charge < -0.3 is 10.7 Å². The van der Waals surface area contributed by atoms with Crippen molar-refractivity contribution < 1.29 is 4.79 Å². The first kappa shape index (κ1) is 9.45. The molecule has 0 saturated heterocycles. The third-order valence-electron chi connectivity index (χ3n) is 2.21. The first-order chi connectivity index (χ1) is 7.18. The minimum absolute atomic E-state index is 0.134. The molecule has 0 aliphatic rings. The fraction of sp³-hybridized carbons (Fsp3) is 0.0909. The molecule has 0 bridgehead atoms. The number of imidazole rings is 1. The van der Waals surface area contributed by atoms with Crippen LogP contribution in [0.5, 0.6) is 0 Å². The van der Waals surface area contributed by atoms with E-state index in [9.17, 15) is 4.79 Å². The summed E-state index contributed by atoms with van der Waals surface area (Å²) in [5, 5.41) is 0. The molecule has 2 aromatic rings. The van der Waals surface area contributed by atoms with Crippen molar-refractivity contribution in [2.45, 2.75) is 6.92 Å². The number of carbonyl (C=O) groups excluding carboxylic acids is 1. The van der Waals surface area contributed by atoms with Gasteiger partial charge in [0, 0.05) is 5.56 Å². The van der Waals surface area contributed by atoms with Gasteiger partial charge in [-0.25, -0.2) is 4.98 Å². The molecule has 0 fully saturated rings. The fourth-order valence-electron chi connectivity index (χ4n) is 1.34. The van der Waals surface area contributed by atoms with Gasteiger partial charge in [-0.2, -0.15) is 0 Å². The van der Waals surface area contributed by atoms with Crippen molar-refractivity contribution in [2.24, 2.45) is 0 Å². The molecular weight excluding hydrogens is 190 g/mol. The van der Waals surface area contributed by atoms with Crippen LogP contribution >= 0.6 is 0 Å². The first-order valence-corrected chi connectivity index (χ1v) is 4.58. The van der Waals surface area contributed by atoms with E-state index < -0.39 is 0 Å². The lowest BCUT2D eigenvalue weighted by atomic mass is 10.1. The van der Waals surface area contributed by atoms with E-state index in [1.165, 1.54) is 6.33 Å². The number of ketones is 1. The Morgan fingerprint density at radius 2 is 2.00 bits per heavy atom. The van der Waals surface area contributed by atoms with E-state index >= 15 is 0 Å². The molecule has 0 saturated carbocycles. The van der Waals surface area contributed by atoms with Crippen molar-refractivity contribution in [3.8, 4) is 0 Å². The number of benzene rings is 1. The number of hydrogen-bond acceptors (Lipinski definition) is 3. The topological polar surface area (TPSA) is 71.8 Å². The highest BCUT2D eigenvalue weighted by Gasteiger charge is 2.13. The normalized spacial score (nSPS) is 10.2. The van der Waals surface area contributed by atoms with Crippen LogP contribution in [-0.4, -0.2) is 15.8 Å². The van der Waals surface area contributed by atoms with Crippen LogP contribution in [0.1, 0.15) is 21.6 Å². The smallest absolute Gasteiger partial charge is 0.213 e. The third-order valence-corrected chi connectivity index (χ3v) is 2.21. The number of nitrogens with one attached hydrogen (secondary N) is 1. The Morgan fingerprint density at radius 1 is 1.33 bits per heavy atom. The number of anilines is 1. The van der Waals surface area contributed by atoms with Gasteiger partial charge in [0.2, 0.25) is 5.78 Å². The maximum Gasteiger partial charge on any atom is 0.213 e. The highest BCUT2D eigenvalue weighted by molar-refractivity contribution is 6.10. The molecule has 0 spiro atoms. The van der Waals surface area contributed by atoms with Gasteiger partial charge in [0.25, 0.3) is 0 Å². The molecule has 15 heavy (non-hydrogen) atoms. The summed E-state index contributed by atoms with van der Waals surface area (Å²) in [6, 6.07) is 7.33. The van der Waals surface area contributed by atoms with Crippen LogP contribution in [0.3, 0.4) is 0 Å². The molecule has 0 atom stereocenters. The molecule has 1 aromatic heterocycles. The van der Waals surface area contributed by atoms with Crippen LogP contribution < -0.4 is 5.73 Å². The molecule has 76 valence electrons. The molecule has 0 aliphatic carbocycles. The minimum Gasteiger partial charge on any atom is -0.382 e. The summed E-state index contributed by atoms with van der Waals surface area (Å²) in [6.45, 7) is 1.97. The average molecular weight is 201 g/mol. The van der Waals surface area contributed by atoms with E-state index in [4.69, 9.17) is 5.73 Å². The van der Waals surface area contributed by atoms with Crippen molar-refractivity contribution >= 4 is 11.6 Å². The highest BCUT2D eigenvalue weighted by atomic mass is 16.1. The molecular formula is C11H11N3O. The van der Waals surface area contributed by atoms with E-state index in [0.717, 1.165) is 5.56 Å². The minimum atomic E-state index is -0.134. The predicted molar refractivity (Wildman–Crippen MR) is 57.6 cm³/mol. The van der Waals surface area contributed by atoms with E-state index in [-0.39, 0.29) is 11.6 Å². The fourth-order valence-corrected chi connectivity index (χ4v) is 1.34. The second-order valence-corrected chi connectivity index (χ2v) is 3.36. The Kier molecular flexibility index (Phi) is 2.25. The van der Waals surface area contributed by atoms with E-state index in [1.807, 2.05) is 19.1 Å². The average Bonchev–Trinajstić information content (AvgIpc) is 2.65.